The molecule has 1 unspecified atom stereocenters. The van der Waals surface area contributed by atoms with Crippen LogP contribution in [0.5, 0.6) is 0 Å². The second-order valence-electron chi connectivity index (χ2n) is 7.43. The van der Waals surface area contributed by atoms with Crippen LogP contribution in [0.2, 0.25) is 10.2 Å². The second-order valence-corrected chi connectivity index (χ2v) is 8.22. The van der Waals surface area contributed by atoms with Gasteiger partial charge in [0.25, 0.3) is 5.91 Å². The highest BCUT2D eigenvalue weighted by Gasteiger charge is 2.22. The molecule has 0 aliphatic carbocycles. The number of nitrogens with zero attached hydrogens (tertiary/aromatic N) is 3. The lowest BCUT2D eigenvalue weighted by atomic mass is 10.1. The van der Waals surface area contributed by atoms with Crippen molar-refractivity contribution < 1.29 is 14.3 Å². The van der Waals surface area contributed by atoms with E-state index < -0.39 is 18.0 Å². The van der Waals surface area contributed by atoms with Crippen LogP contribution in [0.15, 0.2) is 79.1 Å². The molecule has 0 saturated heterocycles. The number of benzene rings is 2. The third kappa shape index (κ3) is 5.62. The zero-order chi connectivity index (χ0) is 24.1. The molecule has 9 heteroatoms. The number of pyridine rings is 1. The zero-order valence-corrected chi connectivity index (χ0v) is 19.6. The minimum atomic E-state index is -1.04. The molecule has 172 valence electrons. The molecular formula is C25H20Cl2N4O3. The van der Waals surface area contributed by atoms with Crippen LogP contribution in [0, 0.1) is 0 Å². The van der Waals surface area contributed by atoms with E-state index in [0.29, 0.717) is 22.0 Å². The van der Waals surface area contributed by atoms with Crippen molar-refractivity contribution in [2.24, 2.45) is 0 Å². The number of hydrogen-bond acceptors (Lipinski definition) is 5. The summed E-state index contributed by atoms with van der Waals surface area (Å²) in [4.78, 5) is 29.1. The van der Waals surface area contributed by atoms with E-state index in [4.69, 9.17) is 27.9 Å². The van der Waals surface area contributed by atoms with Gasteiger partial charge in [-0.2, -0.15) is 5.10 Å². The Bertz CT molecular complexity index is 1310. The first-order chi connectivity index (χ1) is 16.4. The fraction of sp³-hybridized carbons (Fsp3) is 0.120. The third-order valence-corrected chi connectivity index (χ3v) is 5.51. The van der Waals surface area contributed by atoms with Crippen molar-refractivity contribution in [2.45, 2.75) is 19.4 Å². The summed E-state index contributed by atoms with van der Waals surface area (Å²) in [6.45, 7) is 1.49. The quantitative estimate of drug-likeness (QED) is 0.276. The minimum Gasteiger partial charge on any atom is -0.452 e. The van der Waals surface area contributed by atoms with E-state index in [2.05, 4.69) is 15.4 Å². The Kier molecular flexibility index (Phi) is 7.25. The molecule has 0 aliphatic heterocycles. The maximum absolute atomic E-state index is 12.7. The molecule has 1 amide bonds. The number of carbonyl (C=O) groups excluding carboxylic acids is 2. The number of hydrogen-bond donors (Lipinski definition) is 1. The van der Waals surface area contributed by atoms with E-state index in [1.54, 1.807) is 35.1 Å². The zero-order valence-electron chi connectivity index (χ0n) is 18.1. The molecule has 1 atom stereocenters. The number of nitrogens with one attached hydrogen (secondary N) is 1. The number of para-hydroxylation sites is 1. The smallest absolute Gasteiger partial charge is 0.311 e. The highest BCUT2D eigenvalue weighted by molar-refractivity contribution is 6.32. The maximum atomic E-state index is 12.7. The Morgan fingerprint density at radius 2 is 1.76 bits per heavy atom. The summed E-state index contributed by atoms with van der Waals surface area (Å²) in [5, 5.41) is 8.03. The van der Waals surface area contributed by atoms with Gasteiger partial charge in [-0.1, -0.05) is 53.5 Å². The lowest BCUT2D eigenvalue weighted by Gasteiger charge is -2.14. The van der Waals surface area contributed by atoms with Crippen molar-refractivity contribution in [1.29, 1.82) is 0 Å². The van der Waals surface area contributed by atoms with Crippen LogP contribution >= 0.6 is 23.2 Å². The van der Waals surface area contributed by atoms with Crippen molar-refractivity contribution in [1.82, 2.24) is 14.8 Å². The van der Waals surface area contributed by atoms with E-state index in [1.807, 2.05) is 42.5 Å². The van der Waals surface area contributed by atoms with Gasteiger partial charge in [0.2, 0.25) is 0 Å². The first-order valence-electron chi connectivity index (χ1n) is 10.4. The van der Waals surface area contributed by atoms with Gasteiger partial charge in [-0.25, -0.2) is 9.67 Å². The average Bonchev–Trinajstić information content (AvgIpc) is 3.25. The van der Waals surface area contributed by atoms with E-state index >= 15 is 0 Å². The number of anilines is 1. The van der Waals surface area contributed by atoms with E-state index in [1.165, 1.54) is 13.1 Å². The summed E-state index contributed by atoms with van der Waals surface area (Å²) in [6.07, 6.45) is 2.18. The Hall–Kier alpha value is -3.68. The molecule has 0 saturated carbocycles. The summed E-state index contributed by atoms with van der Waals surface area (Å²) in [6, 6.07) is 20.0. The van der Waals surface area contributed by atoms with Crippen LogP contribution in [0.1, 0.15) is 12.5 Å². The van der Waals surface area contributed by atoms with Gasteiger partial charge >= 0.3 is 5.97 Å². The summed E-state index contributed by atoms with van der Waals surface area (Å²) in [5.74, 6) is -1.08. The first-order valence-corrected chi connectivity index (χ1v) is 11.2. The monoisotopic (exact) mass is 494 g/mol. The number of ether oxygens (including phenoxy) is 1. The number of carbonyl (C=O) groups is 2. The van der Waals surface area contributed by atoms with E-state index in [-0.39, 0.29) is 11.6 Å². The third-order valence-electron chi connectivity index (χ3n) is 4.96. The number of esters is 1. The van der Waals surface area contributed by atoms with E-state index in [9.17, 15) is 9.59 Å². The van der Waals surface area contributed by atoms with Gasteiger partial charge in [-0.3, -0.25) is 9.59 Å². The molecule has 34 heavy (non-hydrogen) atoms. The lowest BCUT2D eigenvalue weighted by Crippen LogP contribution is -2.30. The summed E-state index contributed by atoms with van der Waals surface area (Å²) < 4.78 is 7.08. The SMILES string of the molecule is CC(OC(=O)Cc1cn(-c2ccccc2)nc1-c1ccc(Cl)cc1)C(=O)Nc1cccnc1Cl. The number of rotatable bonds is 7. The molecular weight excluding hydrogens is 475 g/mol. The molecule has 0 spiro atoms. The first kappa shape index (κ1) is 23.5. The number of amides is 1. The van der Waals surface area contributed by atoms with Gasteiger partial charge in [0.05, 0.1) is 23.5 Å². The molecule has 0 bridgehead atoms. The van der Waals surface area contributed by atoms with Crippen LogP contribution in [0.3, 0.4) is 0 Å². The predicted molar refractivity (Wildman–Crippen MR) is 131 cm³/mol. The van der Waals surface area contributed by atoms with Crippen LogP contribution in [-0.4, -0.2) is 32.7 Å². The molecule has 0 radical (unpaired) electrons. The molecule has 2 aromatic carbocycles. The van der Waals surface area contributed by atoms with Crippen LogP contribution in [-0.2, 0) is 20.7 Å². The highest BCUT2D eigenvalue weighted by Crippen LogP contribution is 2.26. The fourth-order valence-corrected chi connectivity index (χ4v) is 3.56. The van der Waals surface area contributed by atoms with Crippen molar-refractivity contribution in [3.63, 3.8) is 0 Å². The van der Waals surface area contributed by atoms with Gasteiger partial charge in [0.15, 0.2) is 11.3 Å². The van der Waals surface area contributed by atoms with Crippen LogP contribution in [0.4, 0.5) is 5.69 Å². The minimum absolute atomic E-state index is 0.0734. The van der Waals surface area contributed by atoms with Gasteiger partial charge in [0.1, 0.15) is 0 Å². The molecule has 7 nitrogen and oxygen atoms in total. The Morgan fingerprint density at radius 3 is 2.47 bits per heavy atom. The molecule has 4 aromatic rings. The van der Waals surface area contributed by atoms with E-state index in [0.717, 1.165) is 11.3 Å². The second kappa shape index (κ2) is 10.5. The van der Waals surface area contributed by atoms with Gasteiger partial charge < -0.3 is 10.1 Å². The Morgan fingerprint density at radius 1 is 1.03 bits per heavy atom. The van der Waals surface area contributed by atoms with Gasteiger partial charge in [-0.15, -0.1) is 0 Å². The van der Waals surface area contributed by atoms with Crippen molar-refractivity contribution in [2.75, 3.05) is 5.32 Å². The Labute approximate surface area is 206 Å². The normalized spacial score (nSPS) is 11.6. The molecule has 0 aliphatic rings. The summed E-state index contributed by atoms with van der Waals surface area (Å²) >= 11 is 12.0. The lowest BCUT2D eigenvalue weighted by molar-refractivity contribution is -0.152. The van der Waals surface area contributed by atoms with Crippen molar-refractivity contribution in [3.05, 3.63) is 94.9 Å². The summed E-state index contributed by atoms with van der Waals surface area (Å²) in [5.41, 5.74) is 3.26. The largest absolute Gasteiger partial charge is 0.452 e. The summed E-state index contributed by atoms with van der Waals surface area (Å²) in [7, 11) is 0. The van der Waals surface area contributed by atoms with Gasteiger partial charge in [-0.05, 0) is 43.3 Å². The van der Waals surface area contributed by atoms with Crippen molar-refractivity contribution in [3.8, 4) is 16.9 Å². The molecule has 4 rings (SSSR count). The highest BCUT2D eigenvalue weighted by atomic mass is 35.5. The number of halogens is 2. The maximum Gasteiger partial charge on any atom is 0.311 e. The average molecular weight is 495 g/mol. The van der Waals surface area contributed by atoms with Crippen LogP contribution in [0.25, 0.3) is 16.9 Å². The Balaban J connectivity index is 1.52. The predicted octanol–water partition coefficient (Wildman–Crippen LogP) is 5.35. The number of aromatic nitrogens is 3. The molecule has 2 aromatic heterocycles. The fourth-order valence-electron chi connectivity index (χ4n) is 3.26. The van der Waals surface area contributed by atoms with Crippen molar-refractivity contribution >= 4 is 40.8 Å². The topological polar surface area (TPSA) is 86.1 Å². The van der Waals surface area contributed by atoms with Gasteiger partial charge in [0, 0.05) is 28.5 Å². The standard InChI is InChI=1S/C25H20Cl2N4O3/c1-16(25(33)29-21-8-5-13-28-24(21)27)34-22(32)14-18-15-31(20-6-3-2-4-7-20)30-23(18)17-9-11-19(26)12-10-17/h2-13,15-16H,14H2,1H3,(H,29,33). The molecule has 1 N–H and O–H groups in total. The molecule has 0 fully saturated rings. The molecule has 2 heterocycles. The van der Waals surface area contributed by atoms with Crippen LogP contribution < -0.4 is 5.32 Å².